The minimum atomic E-state index is -0.310. The first-order chi connectivity index (χ1) is 18.8. The standard InChI is InChI=1S/C11H16.C8H17NO.C8H16O2.C7H16.C3H8/c1-4-11(2,3)10-8-6-5-7-9-10;1-5-8(3,4)7(10)9-6-2;1-5-8(3,4)7(9)10-6-2;1-5-7(3,4)6-2;1-3-2/h5-9H,4H2,1-3H3;5-6H2,1-4H3,(H,9,10);5-6H2,1-4H3;5-6H2,1-4H3;3H2,1-2H3. The number of carbonyl (C=O) groups is 2. The number of hydrogen-bond donors (Lipinski definition) is 1. The van der Waals surface area contributed by atoms with Gasteiger partial charge in [-0.2, -0.15) is 0 Å². The average Bonchev–Trinajstić information content (AvgIpc) is 2.95. The summed E-state index contributed by atoms with van der Waals surface area (Å²) in [6, 6.07) is 10.7. The van der Waals surface area contributed by atoms with E-state index in [1.807, 2.05) is 55.4 Å². The van der Waals surface area contributed by atoms with Crippen LogP contribution in [0, 0.1) is 16.2 Å². The van der Waals surface area contributed by atoms with E-state index in [1.165, 1.54) is 31.2 Å². The molecule has 4 nitrogen and oxygen atoms in total. The molecule has 0 unspecified atom stereocenters. The molecule has 0 saturated heterocycles. The van der Waals surface area contributed by atoms with E-state index in [1.54, 1.807) is 0 Å². The van der Waals surface area contributed by atoms with Crippen molar-refractivity contribution in [1.82, 2.24) is 5.32 Å². The van der Waals surface area contributed by atoms with E-state index >= 15 is 0 Å². The van der Waals surface area contributed by atoms with Gasteiger partial charge >= 0.3 is 5.97 Å². The van der Waals surface area contributed by atoms with Crippen LogP contribution in [0.5, 0.6) is 0 Å². The number of rotatable bonds is 10. The van der Waals surface area contributed by atoms with E-state index in [4.69, 9.17) is 4.74 Å². The van der Waals surface area contributed by atoms with E-state index < -0.39 is 0 Å². The normalized spacial score (nSPS) is 11.0. The molecule has 0 aliphatic heterocycles. The maximum Gasteiger partial charge on any atom is 0.311 e. The first-order valence-electron chi connectivity index (χ1n) is 16.3. The number of amides is 1. The van der Waals surface area contributed by atoms with E-state index in [-0.39, 0.29) is 22.7 Å². The van der Waals surface area contributed by atoms with Crippen molar-refractivity contribution in [2.45, 2.75) is 162 Å². The van der Waals surface area contributed by atoms with Gasteiger partial charge in [0.05, 0.1) is 12.0 Å². The fourth-order valence-electron chi connectivity index (χ4n) is 2.37. The summed E-state index contributed by atoms with van der Waals surface area (Å²) in [6.45, 7) is 36.8. The van der Waals surface area contributed by atoms with Crippen molar-refractivity contribution in [3.8, 4) is 0 Å². The number of hydrogen-bond acceptors (Lipinski definition) is 3. The molecule has 1 amide bonds. The Morgan fingerprint density at radius 1 is 0.634 bits per heavy atom. The van der Waals surface area contributed by atoms with E-state index in [2.05, 4.69) is 98.0 Å². The maximum atomic E-state index is 11.2. The third-order valence-corrected chi connectivity index (χ3v) is 7.90. The largest absolute Gasteiger partial charge is 0.466 e. The summed E-state index contributed by atoms with van der Waals surface area (Å²) in [7, 11) is 0. The lowest BCUT2D eigenvalue weighted by molar-refractivity contribution is -0.153. The number of esters is 1. The average molecular weight is 580 g/mol. The highest BCUT2D eigenvalue weighted by atomic mass is 16.5. The van der Waals surface area contributed by atoms with Crippen molar-refractivity contribution in [2.24, 2.45) is 16.2 Å². The van der Waals surface area contributed by atoms with Gasteiger partial charge in [-0.25, -0.2) is 0 Å². The molecule has 1 aromatic carbocycles. The minimum absolute atomic E-state index is 0.0995. The molecule has 0 saturated carbocycles. The second-order valence-corrected chi connectivity index (χ2v) is 13.2. The third-order valence-electron chi connectivity index (χ3n) is 7.90. The van der Waals surface area contributed by atoms with Gasteiger partial charge in [0.2, 0.25) is 5.91 Å². The van der Waals surface area contributed by atoms with Crippen molar-refractivity contribution < 1.29 is 14.3 Å². The summed E-state index contributed by atoms with van der Waals surface area (Å²) in [5, 5.41) is 2.80. The molecule has 0 heterocycles. The zero-order valence-electron chi connectivity index (χ0n) is 30.8. The smallest absolute Gasteiger partial charge is 0.311 e. The van der Waals surface area contributed by atoms with Crippen LogP contribution in [0.25, 0.3) is 0 Å². The van der Waals surface area contributed by atoms with Crippen LogP contribution >= 0.6 is 0 Å². The van der Waals surface area contributed by atoms with Gasteiger partial charge in [0.1, 0.15) is 0 Å². The molecule has 4 heteroatoms. The molecule has 0 aliphatic carbocycles. The molecule has 0 radical (unpaired) electrons. The molecule has 41 heavy (non-hydrogen) atoms. The van der Waals surface area contributed by atoms with Crippen LogP contribution in [0.4, 0.5) is 0 Å². The maximum absolute atomic E-state index is 11.2. The van der Waals surface area contributed by atoms with Gasteiger partial charge in [0.25, 0.3) is 0 Å². The molecule has 0 aliphatic rings. The van der Waals surface area contributed by atoms with Crippen molar-refractivity contribution in [3.05, 3.63) is 35.9 Å². The van der Waals surface area contributed by atoms with Crippen LogP contribution in [-0.4, -0.2) is 25.0 Å². The zero-order valence-corrected chi connectivity index (χ0v) is 30.8. The molecular formula is C37H73NO3. The molecule has 1 aromatic rings. The van der Waals surface area contributed by atoms with Gasteiger partial charge in [-0.15, -0.1) is 0 Å². The molecular weight excluding hydrogens is 506 g/mol. The topological polar surface area (TPSA) is 55.4 Å². The summed E-state index contributed by atoms with van der Waals surface area (Å²) in [6.07, 6.45) is 6.74. The van der Waals surface area contributed by atoms with Gasteiger partial charge in [-0.3, -0.25) is 9.59 Å². The first kappa shape index (κ1) is 46.1. The van der Waals surface area contributed by atoms with Crippen LogP contribution in [0.2, 0.25) is 0 Å². The Labute approximate surface area is 258 Å². The Morgan fingerprint density at radius 2 is 1.05 bits per heavy atom. The van der Waals surface area contributed by atoms with E-state index in [9.17, 15) is 9.59 Å². The first-order valence-corrected chi connectivity index (χ1v) is 16.3. The lowest BCUT2D eigenvalue weighted by Gasteiger charge is -2.22. The quantitative estimate of drug-likeness (QED) is 0.280. The number of benzene rings is 1. The molecule has 0 aromatic heterocycles. The molecule has 1 N–H and O–H groups in total. The van der Waals surface area contributed by atoms with Crippen LogP contribution in [0.15, 0.2) is 30.3 Å². The van der Waals surface area contributed by atoms with Gasteiger partial charge in [0, 0.05) is 12.0 Å². The highest BCUT2D eigenvalue weighted by Gasteiger charge is 2.26. The van der Waals surface area contributed by atoms with Crippen molar-refractivity contribution in [1.29, 1.82) is 0 Å². The highest BCUT2D eigenvalue weighted by Crippen LogP contribution is 2.26. The molecule has 244 valence electrons. The number of ether oxygens (including phenoxy) is 1. The fourth-order valence-corrected chi connectivity index (χ4v) is 2.37. The summed E-state index contributed by atoms with van der Waals surface area (Å²) in [5.41, 5.74) is 1.84. The Morgan fingerprint density at radius 3 is 1.32 bits per heavy atom. The predicted octanol–water partition coefficient (Wildman–Crippen LogP) is 11.2. The minimum Gasteiger partial charge on any atom is -0.466 e. The lowest BCUT2D eigenvalue weighted by atomic mass is 9.82. The summed E-state index contributed by atoms with van der Waals surface area (Å²) in [4.78, 5) is 22.3. The van der Waals surface area contributed by atoms with Crippen molar-refractivity contribution in [2.75, 3.05) is 13.2 Å². The Hall–Kier alpha value is -1.84. The second-order valence-electron chi connectivity index (χ2n) is 13.2. The molecule has 0 spiro atoms. The zero-order chi connectivity index (χ0) is 33.3. The van der Waals surface area contributed by atoms with Crippen LogP contribution in [0.3, 0.4) is 0 Å². The second kappa shape index (κ2) is 24.7. The Balaban J connectivity index is -0.000000218. The predicted molar refractivity (Wildman–Crippen MR) is 184 cm³/mol. The van der Waals surface area contributed by atoms with Gasteiger partial charge in [-0.05, 0) is 63.4 Å². The fraction of sp³-hybridized carbons (Fsp3) is 0.784. The summed E-state index contributed by atoms with van der Waals surface area (Å²) >= 11 is 0. The Kier molecular flexibility index (Phi) is 27.8. The number of carbonyl (C=O) groups excluding carboxylic acids is 2. The monoisotopic (exact) mass is 580 g/mol. The highest BCUT2D eigenvalue weighted by molar-refractivity contribution is 5.81. The van der Waals surface area contributed by atoms with Crippen molar-refractivity contribution >= 4 is 11.9 Å². The molecule has 0 fully saturated rings. The van der Waals surface area contributed by atoms with Gasteiger partial charge < -0.3 is 10.1 Å². The van der Waals surface area contributed by atoms with Crippen LogP contribution < -0.4 is 5.32 Å². The molecule has 0 bridgehead atoms. The Bertz CT molecular complexity index is 713. The van der Waals surface area contributed by atoms with E-state index in [0.717, 1.165) is 19.4 Å². The van der Waals surface area contributed by atoms with Gasteiger partial charge in [-0.1, -0.05) is 140 Å². The van der Waals surface area contributed by atoms with Crippen LogP contribution in [-0.2, 0) is 19.7 Å². The van der Waals surface area contributed by atoms with Crippen molar-refractivity contribution in [3.63, 3.8) is 0 Å². The molecule has 0 atom stereocenters. The lowest BCUT2D eigenvalue weighted by Crippen LogP contribution is -2.36. The summed E-state index contributed by atoms with van der Waals surface area (Å²) in [5.74, 6) is 0.0509. The van der Waals surface area contributed by atoms with Crippen LogP contribution in [0.1, 0.15) is 162 Å². The number of nitrogens with one attached hydrogen (secondary N) is 1. The summed E-state index contributed by atoms with van der Waals surface area (Å²) < 4.78 is 4.86. The third kappa shape index (κ3) is 24.5. The molecule has 1 rings (SSSR count). The SMILES string of the molecule is CCC.CCC(C)(C)CC.CCC(C)(C)c1ccccc1.CCNC(=O)C(C)(C)CC.CCOC(=O)C(C)(C)CC. The van der Waals surface area contributed by atoms with E-state index in [0.29, 0.717) is 17.4 Å². The van der Waals surface area contributed by atoms with Gasteiger partial charge in [0.15, 0.2) is 0 Å².